The predicted molar refractivity (Wildman–Crippen MR) is 86.6 cm³/mol. The Morgan fingerprint density at radius 1 is 1.33 bits per heavy atom. The van der Waals surface area contributed by atoms with E-state index < -0.39 is 0 Å². The fourth-order valence-corrected chi connectivity index (χ4v) is 3.73. The van der Waals surface area contributed by atoms with E-state index in [1.165, 1.54) is 24.9 Å². The average Bonchev–Trinajstić information content (AvgIpc) is 3.00. The van der Waals surface area contributed by atoms with E-state index in [0.717, 1.165) is 32.5 Å². The van der Waals surface area contributed by atoms with Crippen molar-refractivity contribution in [3.05, 3.63) is 35.9 Å². The molecule has 0 amide bonds. The lowest BCUT2D eigenvalue weighted by molar-refractivity contribution is -0.0653. The molecule has 21 heavy (non-hydrogen) atoms. The molecule has 0 bridgehead atoms. The summed E-state index contributed by atoms with van der Waals surface area (Å²) in [6, 6.07) is 12.0. The molecule has 0 radical (unpaired) electrons. The fourth-order valence-electron chi connectivity index (χ4n) is 3.73. The zero-order valence-corrected chi connectivity index (χ0v) is 13.1. The molecule has 2 aliphatic heterocycles. The Kier molecular flexibility index (Phi) is 5.28. The van der Waals surface area contributed by atoms with E-state index >= 15 is 0 Å². The van der Waals surface area contributed by atoms with Crippen LogP contribution in [0.1, 0.15) is 31.7 Å². The maximum absolute atomic E-state index is 6.19. The van der Waals surface area contributed by atoms with Crippen molar-refractivity contribution in [1.29, 1.82) is 0 Å². The Hall–Kier alpha value is -0.900. The van der Waals surface area contributed by atoms with Crippen LogP contribution >= 0.6 is 0 Å². The monoisotopic (exact) mass is 288 g/mol. The summed E-state index contributed by atoms with van der Waals surface area (Å²) in [6.45, 7) is 6.51. The molecular formula is C18H28N2O. The lowest BCUT2D eigenvalue weighted by Crippen LogP contribution is -2.54. The summed E-state index contributed by atoms with van der Waals surface area (Å²) >= 11 is 0. The molecule has 3 heteroatoms. The number of hydrogen-bond donors (Lipinski definition) is 1. The van der Waals surface area contributed by atoms with Gasteiger partial charge in [-0.25, -0.2) is 0 Å². The van der Waals surface area contributed by atoms with Gasteiger partial charge in [0, 0.05) is 18.6 Å². The molecule has 0 spiro atoms. The number of likely N-dealkylation sites (N-methyl/N-ethyl adjacent to an activating group) is 1. The van der Waals surface area contributed by atoms with Crippen LogP contribution in [0.15, 0.2) is 30.3 Å². The van der Waals surface area contributed by atoms with Crippen LogP contribution in [0.25, 0.3) is 0 Å². The molecular weight excluding hydrogens is 260 g/mol. The van der Waals surface area contributed by atoms with Gasteiger partial charge < -0.3 is 10.1 Å². The van der Waals surface area contributed by atoms with Crippen molar-refractivity contribution >= 4 is 0 Å². The van der Waals surface area contributed by atoms with Gasteiger partial charge >= 0.3 is 0 Å². The Morgan fingerprint density at radius 2 is 2.19 bits per heavy atom. The molecule has 1 aromatic rings. The summed E-state index contributed by atoms with van der Waals surface area (Å²) in [5, 5.41) is 3.65. The minimum Gasteiger partial charge on any atom is -0.374 e. The second kappa shape index (κ2) is 7.39. The zero-order chi connectivity index (χ0) is 14.5. The molecule has 2 heterocycles. The molecule has 1 aromatic carbocycles. The third kappa shape index (κ3) is 3.85. The lowest BCUT2D eigenvalue weighted by Gasteiger charge is -2.39. The molecule has 3 rings (SSSR count). The van der Waals surface area contributed by atoms with Gasteiger partial charge in [0.1, 0.15) is 0 Å². The molecule has 3 atom stereocenters. The van der Waals surface area contributed by atoms with Crippen LogP contribution in [0, 0.1) is 0 Å². The van der Waals surface area contributed by atoms with Crippen LogP contribution in [-0.4, -0.2) is 49.3 Å². The van der Waals surface area contributed by atoms with Crippen molar-refractivity contribution in [3.8, 4) is 0 Å². The minimum absolute atomic E-state index is 0.350. The first-order valence-electron chi connectivity index (χ1n) is 8.49. The van der Waals surface area contributed by atoms with E-state index in [1.807, 2.05) is 0 Å². The highest BCUT2D eigenvalue weighted by Crippen LogP contribution is 2.24. The highest BCUT2D eigenvalue weighted by atomic mass is 16.5. The van der Waals surface area contributed by atoms with Crippen molar-refractivity contribution in [2.45, 2.75) is 50.8 Å². The molecule has 0 aliphatic carbocycles. The highest BCUT2D eigenvalue weighted by molar-refractivity contribution is 5.15. The van der Waals surface area contributed by atoms with Crippen LogP contribution in [0.2, 0.25) is 0 Å². The van der Waals surface area contributed by atoms with Gasteiger partial charge in [-0.05, 0) is 44.3 Å². The number of benzene rings is 1. The average molecular weight is 288 g/mol. The second-order valence-corrected chi connectivity index (χ2v) is 6.35. The number of hydrogen-bond acceptors (Lipinski definition) is 3. The first kappa shape index (κ1) is 15.0. The minimum atomic E-state index is 0.350. The summed E-state index contributed by atoms with van der Waals surface area (Å²) in [4.78, 5) is 2.64. The first-order valence-corrected chi connectivity index (χ1v) is 8.49. The van der Waals surface area contributed by atoms with E-state index in [1.54, 1.807) is 0 Å². The molecule has 3 nitrogen and oxygen atoms in total. The van der Waals surface area contributed by atoms with Crippen LogP contribution in [0.5, 0.6) is 0 Å². The summed E-state index contributed by atoms with van der Waals surface area (Å²) in [5.74, 6) is 0. The van der Waals surface area contributed by atoms with Gasteiger partial charge in [0.25, 0.3) is 0 Å². The Bertz CT molecular complexity index is 422. The molecule has 3 unspecified atom stereocenters. The van der Waals surface area contributed by atoms with E-state index in [9.17, 15) is 0 Å². The van der Waals surface area contributed by atoms with Gasteiger partial charge in [-0.15, -0.1) is 0 Å². The number of nitrogens with one attached hydrogen (secondary N) is 1. The zero-order valence-electron chi connectivity index (χ0n) is 13.1. The van der Waals surface area contributed by atoms with Gasteiger partial charge in [0.05, 0.1) is 12.7 Å². The Labute approximate surface area is 128 Å². The predicted octanol–water partition coefficient (Wildman–Crippen LogP) is 2.46. The van der Waals surface area contributed by atoms with E-state index in [-0.39, 0.29) is 0 Å². The number of nitrogens with zero attached hydrogens (tertiary/aromatic N) is 1. The molecule has 2 fully saturated rings. The summed E-state index contributed by atoms with van der Waals surface area (Å²) in [6.07, 6.45) is 5.30. The van der Waals surface area contributed by atoms with Crippen LogP contribution in [-0.2, 0) is 11.2 Å². The molecule has 1 N–H and O–H groups in total. The normalized spacial score (nSPS) is 27.5. The number of morpholine rings is 1. The Balaban J connectivity index is 1.56. The van der Waals surface area contributed by atoms with Gasteiger partial charge in [-0.2, -0.15) is 0 Å². The quantitative estimate of drug-likeness (QED) is 0.870. The van der Waals surface area contributed by atoms with Crippen molar-refractivity contribution in [2.75, 3.05) is 26.2 Å². The largest absolute Gasteiger partial charge is 0.374 e. The van der Waals surface area contributed by atoms with Gasteiger partial charge in [-0.3, -0.25) is 4.90 Å². The van der Waals surface area contributed by atoms with Crippen molar-refractivity contribution < 1.29 is 4.74 Å². The standard InChI is InChI=1S/C18H28N2O/c1-2-19-17(11-10-15-7-4-3-5-8-15)18-13-20-12-6-9-16(20)14-21-18/h3-5,7-8,16-19H,2,6,9-14H2,1H3. The fraction of sp³-hybridized carbons (Fsp3) is 0.667. The number of aryl methyl sites for hydroxylation is 1. The van der Waals surface area contributed by atoms with E-state index in [2.05, 4.69) is 47.5 Å². The number of fused-ring (bicyclic) bond motifs is 1. The van der Waals surface area contributed by atoms with Gasteiger partial charge in [0.2, 0.25) is 0 Å². The van der Waals surface area contributed by atoms with Crippen LogP contribution in [0.4, 0.5) is 0 Å². The van der Waals surface area contributed by atoms with Gasteiger partial charge in [-0.1, -0.05) is 37.3 Å². The van der Waals surface area contributed by atoms with Crippen molar-refractivity contribution in [2.24, 2.45) is 0 Å². The van der Waals surface area contributed by atoms with Crippen molar-refractivity contribution in [3.63, 3.8) is 0 Å². The number of ether oxygens (including phenoxy) is 1. The SMILES string of the molecule is CCNC(CCc1ccccc1)C1CN2CCCC2CO1. The Morgan fingerprint density at radius 3 is 3.00 bits per heavy atom. The number of rotatable bonds is 6. The first-order chi connectivity index (χ1) is 10.4. The third-order valence-corrected chi connectivity index (χ3v) is 4.92. The van der Waals surface area contributed by atoms with E-state index in [0.29, 0.717) is 18.2 Å². The molecule has 116 valence electrons. The molecule has 2 aliphatic rings. The highest BCUT2D eigenvalue weighted by Gasteiger charge is 2.35. The smallest absolute Gasteiger partial charge is 0.0855 e. The second-order valence-electron chi connectivity index (χ2n) is 6.35. The van der Waals surface area contributed by atoms with Gasteiger partial charge in [0.15, 0.2) is 0 Å². The summed E-state index contributed by atoms with van der Waals surface area (Å²) < 4.78 is 6.19. The molecule has 0 aromatic heterocycles. The topological polar surface area (TPSA) is 24.5 Å². The van der Waals surface area contributed by atoms with Crippen molar-refractivity contribution in [1.82, 2.24) is 10.2 Å². The summed E-state index contributed by atoms with van der Waals surface area (Å²) in [5.41, 5.74) is 1.43. The summed E-state index contributed by atoms with van der Waals surface area (Å²) in [7, 11) is 0. The molecule has 2 saturated heterocycles. The van der Waals surface area contributed by atoms with Crippen LogP contribution in [0.3, 0.4) is 0 Å². The van der Waals surface area contributed by atoms with E-state index in [4.69, 9.17) is 4.74 Å². The maximum atomic E-state index is 6.19. The third-order valence-electron chi connectivity index (χ3n) is 4.92. The maximum Gasteiger partial charge on any atom is 0.0855 e. The lowest BCUT2D eigenvalue weighted by atomic mass is 9.99. The molecule has 0 saturated carbocycles. The van der Waals surface area contributed by atoms with Crippen LogP contribution < -0.4 is 5.32 Å².